The fourth-order valence-corrected chi connectivity index (χ4v) is 7.75. The van der Waals surface area contributed by atoms with Crippen LogP contribution in [0.15, 0.2) is 58.3 Å². The van der Waals surface area contributed by atoms with Crippen molar-refractivity contribution in [2.24, 2.45) is 11.8 Å². The predicted octanol–water partition coefficient (Wildman–Crippen LogP) is 3.09. The second-order valence-corrected chi connectivity index (χ2v) is 15.9. The smallest absolute Gasteiger partial charge is 0.241 e. The largest absolute Gasteiger partial charge is 0.378 e. The summed E-state index contributed by atoms with van der Waals surface area (Å²) in [7, 11) is -7.91. The molecule has 2 N–H and O–H groups in total. The van der Waals surface area contributed by atoms with E-state index >= 15 is 0 Å². The molecule has 0 aliphatic carbocycles. The quantitative estimate of drug-likeness (QED) is 0.342. The minimum absolute atomic E-state index is 0.0900. The summed E-state index contributed by atoms with van der Waals surface area (Å²) in [5.41, 5.74) is 1.85. The van der Waals surface area contributed by atoms with Gasteiger partial charge < -0.3 is 19.3 Å². The van der Waals surface area contributed by atoms with Crippen LogP contribution in [-0.4, -0.2) is 103 Å². The van der Waals surface area contributed by atoms with Gasteiger partial charge in [0.05, 0.1) is 36.2 Å². The molecule has 2 amide bonds. The summed E-state index contributed by atoms with van der Waals surface area (Å²) in [5.74, 6) is -1.28. The van der Waals surface area contributed by atoms with Crippen molar-refractivity contribution in [3.63, 3.8) is 0 Å². The molecule has 0 bridgehead atoms. The number of sulfonamides is 2. The number of hydrogen-bond acceptors (Lipinski definition) is 8. The van der Waals surface area contributed by atoms with Crippen molar-refractivity contribution < 1.29 is 35.9 Å². The molecule has 12 nitrogen and oxygen atoms in total. The van der Waals surface area contributed by atoms with Gasteiger partial charge in [0.15, 0.2) is 0 Å². The Labute approximate surface area is 286 Å². The monoisotopic (exact) mass is 708 g/mol. The van der Waals surface area contributed by atoms with Gasteiger partial charge in [-0.2, -0.15) is 9.44 Å². The number of ether oxygens (including phenoxy) is 2. The van der Waals surface area contributed by atoms with Crippen molar-refractivity contribution in [2.45, 2.75) is 76.3 Å². The van der Waals surface area contributed by atoms with E-state index in [4.69, 9.17) is 9.47 Å². The van der Waals surface area contributed by atoms with Crippen LogP contribution < -0.4 is 9.44 Å². The van der Waals surface area contributed by atoms with Crippen molar-refractivity contribution in [3.05, 3.63) is 59.7 Å². The Kier molecular flexibility index (Phi) is 15.0. The molecule has 1 fully saturated rings. The molecule has 3 rings (SSSR count). The molecular formula is C34H52N4O8S2. The van der Waals surface area contributed by atoms with Crippen molar-refractivity contribution >= 4 is 31.9 Å². The van der Waals surface area contributed by atoms with Crippen LogP contribution in [0.4, 0.5) is 0 Å². The first kappa shape index (κ1) is 39.6. The van der Waals surface area contributed by atoms with Gasteiger partial charge in [0.25, 0.3) is 0 Å². The van der Waals surface area contributed by atoms with Crippen molar-refractivity contribution in [2.75, 3.05) is 52.6 Å². The number of rotatable bonds is 12. The number of nitrogens with zero attached hydrogens (tertiary/aromatic N) is 2. The predicted molar refractivity (Wildman–Crippen MR) is 184 cm³/mol. The Morgan fingerprint density at radius 2 is 0.917 bits per heavy atom. The van der Waals surface area contributed by atoms with Crippen molar-refractivity contribution in [1.82, 2.24) is 19.2 Å². The van der Waals surface area contributed by atoms with Gasteiger partial charge in [-0.15, -0.1) is 0 Å². The Balaban J connectivity index is 1.68. The summed E-state index contributed by atoms with van der Waals surface area (Å²) in [6.45, 7) is 12.6. The molecule has 0 saturated carbocycles. The second kappa shape index (κ2) is 18.2. The van der Waals surface area contributed by atoms with Crippen LogP contribution in [0.25, 0.3) is 0 Å². The zero-order valence-electron chi connectivity index (χ0n) is 29.0. The average Bonchev–Trinajstić information content (AvgIpc) is 3.05. The van der Waals surface area contributed by atoms with E-state index in [2.05, 4.69) is 9.44 Å². The highest BCUT2D eigenvalue weighted by molar-refractivity contribution is 7.89. The van der Waals surface area contributed by atoms with Gasteiger partial charge in [-0.3, -0.25) is 9.59 Å². The Hall–Kier alpha value is -2.88. The number of benzene rings is 2. The minimum Gasteiger partial charge on any atom is -0.378 e. The maximum atomic E-state index is 13.8. The molecule has 14 heteroatoms. The van der Waals surface area contributed by atoms with E-state index in [1.807, 2.05) is 41.5 Å². The van der Waals surface area contributed by atoms with Crippen molar-refractivity contribution in [3.8, 4) is 0 Å². The first-order valence-corrected chi connectivity index (χ1v) is 19.6. The number of hydrogen-bond donors (Lipinski definition) is 2. The Bertz CT molecular complexity index is 1420. The molecule has 4 atom stereocenters. The molecule has 48 heavy (non-hydrogen) atoms. The fourth-order valence-electron chi connectivity index (χ4n) is 5.16. The molecule has 1 saturated heterocycles. The molecule has 0 unspecified atom stereocenters. The molecule has 2 aromatic carbocycles. The van der Waals surface area contributed by atoms with Crippen LogP contribution in [-0.2, 0) is 39.1 Å². The molecule has 0 aromatic heterocycles. The summed E-state index contributed by atoms with van der Waals surface area (Å²) in [6.07, 6.45) is 1.16. The van der Waals surface area contributed by atoms with Crippen LogP contribution in [0.2, 0.25) is 0 Å². The van der Waals surface area contributed by atoms with Crippen LogP contribution in [0, 0.1) is 25.7 Å². The van der Waals surface area contributed by atoms with Gasteiger partial charge in [-0.05, 0) is 49.9 Å². The van der Waals surface area contributed by atoms with Gasteiger partial charge in [-0.25, -0.2) is 16.8 Å². The standard InChI is InChI=1S/C34H52N4O8S2/c1-7-27(5)31(35-47(41,42)29-13-9-25(3)10-14-29)33(39)37-17-21-45-23-19-38(20-24-46-22-18-37)34(40)32(28(6)8-2)36-48(43,44)30-15-11-26(4)12-16-30/h9-16,27-28,31-32,35-36H,7-8,17-24H2,1-6H3/t27-,28-,31-,32+/m0/s1. The van der Waals surface area contributed by atoms with Crippen LogP contribution >= 0.6 is 0 Å². The lowest BCUT2D eigenvalue weighted by atomic mass is 9.99. The lowest BCUT2D eigenvalue weighted by Gasteiger charge is -2.32. The molecule has 0 spiro atoms. The highest BCUT2D eigenvalue weighted by Crippen LogP contribution is 2.19. The molecule has 268 valence electrons. The molecule has 1 aliphatic heterocycles. The summed E-state index contributed by atoms with van der Waals surface area (Å²) in [6, 6.07) is 11.0. The van der Waals surface area contributed by atoms with Crippen LogP contribution in [0.3, 0.4) is 0 Å². The maximum absolute atomic E-state index is 13.8. The number of nitrogens with one attached hydrogen (secondary N) is 2. The maximum Gasteiger partial charge on any atom is 0.241 e. The summed E-state index contributed by atoms with van der Waals surface area (Å²) < 4.78 is 69.9. The first-order chi connectivity index (χ1) is 22.7. The summed E-state index contributed by atoms with van der Waals surface area (Å²) in [4.78, 5) is 30.9. The van der Waals surface area contributed by atoms with Gasteiger partial charge in [0.2, 0.25) is 31.9 Å². The van der Waals surface area contributed by atoms with Crippen molar-refractivity contribution in [1.29, 1.82) is 0 Å². The molecule has 2 aromatic rings. The highest BCUT2D eigenvalue weighted by Gasteiger charge is 2.34. The zero-order valence-corrected chi connectivity index (χ0v) is 30.6. The van der Waals surface area contributed by atoms with Gasteiger partial charge >= 0.3 is 0 Å². The number of carbonyl (C=O) groups is 2. The molecule has 1 heterocycles. The zero-order chi connectivity index (χ0) is 35.5. The van der Waals surface area contributed by atoms with Crippen LogP contribution in [0.1, 0.15) is 51.7 Å². The van der Waals surface area contributed by atoms with Gasteiger partial charge in [0.1, 0.15) is 12.1 Å². The molecular weight excluding hydrogens is 657 g/mol. The SMILES string of the molecule is CC[C@H](C)[C@H](NS(=O)(=O)c1ccc(C)cc1)C(=O)N1CCOCCN(C(=O)[C@H](NS(=O)(=O)c2ccc(C)cc2)[C@@H](C)CC)CCOCC1. The molecule has 1 aliphatic rings. The first-order valence-electron chi connectivity index (χ1n) is 16.6. The van der Waals surface area contributed by atoms with E-state index < -0.39 is 32.1 Å². The average molecular weight is 709 g/mol. The Morgan fingerprint density at radius 3 is 1.19 bits per heavy atom. The third-order valence-corrected chi connectivity index (χ3v) is 11.7. The van der Waals surface area contributed by atoms with E-state index in [-0.39, 0.29) is 86.0 Å². The van der Waals surface area contributed by atoms with E-state index in [0.29, 0.717) is 12.8 Å². The van der Waals surface area contributed by atoms with E-state index in [9.17, 15) is 26.4 Å². The third-order valence-electron chi connectivity index (χ3n) is 8.83. The second-order valence-electron chi connectivity index (χ2n) is 12.5. The lowest BCUT2D eigenvalue weighted by molar-refractivity contribution is -0.137. The number of amides is 2. The highest BCUT2D eigenvalue weighted by atomic mass is 32.2. The van der Waals surface area contributed by atoms with E-state index in [1.54, 1.807) is 34.1 Å². The number of carbonyl (C=O) groups excluding carboxylic acids is 2. The van der Waals surface area contributed by atoms with E-state index in [1.165, 1.54) is 24.3 Å². The topological polar surface area (TPSA) is 151 Å². The van der Waals surface area contributed by atoms with E-state index in [0.717, 1.165) is 11.1 Å². The third kappa shape index (κ3) is 11.1. The fraction of sp³-hybridized carbons (Fsp3) is 0.588. The lowest BCUT2D eigenvalue weighted by Crippen LogP contribution is -2.54. The Morgan fingerprint density at radius 1 is 0.625 bits per heavy atom. The van der Waals surface area contributed by atoms with Gasteiger partial charge in [0, 0.05) is 26.2 Å². The van der Waals surface area contributed by atoms with Crippen LogP contribution in [0.5, 0.6) is 0 Å². The summed E-state index contributed by atoms with van der Waals surface area (Å²) in [5, 5.41) is 0. The molecule has 0 radical (unpaired) electrons. The minimum atomic E-state index is -3.95. The summed E-state index contributed by atoms with van der Waals surface area (Å²) >= 11 is 0. The van der Waals surface area contributed by atoms with Gasteiger partial charge in [-0.1, -0.05) is 75.9 Å². The number of aryl methyl sites for hydroxylation is 2. The normalized spacial score (nSPS) is 18.2.